The number of hydrogen-bond acceptors (Lipinski definition) is 11. The van der Waals surface area contributed by atoms with Crippen molar-refractivity contribution in [3.05, 3.63) is 76.9 Å². The molecule has 216 valence electrons. The monoisotopic (exact) mass is 606 g/mol. The smallest absolute Gasteiger partial charge is 0.736 e. The molecule has 0 saturated heterocycles. The number of benzene rings is 3. The molecule has 1 unspecified atom stereocenters. The summed E-state index contributed by atoms with van der Waals surface area (Å²) in [6, 6.07) is 13.4. The van der Waals surface area contributed by atoms with Crippen molar-refractivity contribution in [2.45, 2.75) is 47.5 Å². The van der Waals surface area contributed by atoms with E-state index >= 15 is 0 Å². The van der Waals surface area contributed by atoms with Crippen LogP contribution in [-0.2, 0) is 25.4 Å². The SMILES string of the molecule is CC(=O)Oc1cc(OC(C)=O)c(C(=O)CCc2ccc(OP(=O)([O-])Oc3cc(C)cc(C)c3)cc2)c(OC(C)=O)c1.[Na+]. The largest absolute Gasteiger partial charge is 1.00 e. The topological polar surface area (TPSA) is 155 Å². The molecule has 3 rings (SSSR count). The van der Waals surface area contributed by atoms with Crippen LogP contribution in [0.2, 0.25) is 0 Å². The molecule has 13 heteroatoms. The van der Waals surface area contributed by atoms with E-state index in [9.17, 15) is 28.6 Å². The molecule has 3 aromatic carbocycles. The molecule has 0 fully saturated rings. The third-order valence-corrected chi connectivity index (χ3v) is 6.15. The van der Waals surface area contributed by atoms with Gasteiger partial charge in [-0.05, 0) is 61.2 Å². The molecule has 0 aliphatic carbocycles. The van der Waals surface area contributed by atoms with E-state index in [2.05, 4.69) is 0 Å². The molecule has 0 radical (unpaired) electrons. The Kier molecular flexibility index (Phi) is 12.5. The molecular formula is C29H28NaO11P. The summed E-state index contributed by atoms with van der Waals surface area (Å²) in [6.45, 7) is 7.02. The van der Waals surface area contributed by atoms with Crippen LogP contribution in [0.5, 0.6) is 28.7 Å². The Bertz CT molecular complexity index is 1480. The minimum atomic E-state index is -4.73. The quantitative estimate of drug-likeness (QED) is 0.103. The van der Waals surface area contributed by atoms with Gasteiger partial charge < -0.3 is 28.2 Å². The van der Waals surface area contributed by atoms with Gasteiger partial charge >= 0.3 is 55.3 Å². The maximum atomic E-state index is 13.2. The first-order chi connectivity index (χ1) is 19.2. The predicted octanol–water partition coefficient (Wildman–Crippen LogP) is 1.83. The Morgan fingerprint density at radius 2 is 1.17 bits per heavy atom. The summed E-state index contributed by atoms with van der Waals surface area (Å²) in [5.41, 5.74) is 2.14. The van der Waals surface area contributed by atoms with Crippen LogP contribution in [-0.4, -0.2) is 23.7 Å². The molecule has 0 amide bonds. The van der Waals surface area contributed by atoms with Crippen molar-refractivity contribution in [3.63, 3.8) is 0 Å². The van der Waals surface area contributed by atoms with Gasteiger partial charge in [0.1, 0.15) is 34.3 Å². The number of carbonyl (C=O) groups excluding carboxylic acids is 4. The zero-order valence-corrected chi connectivity index (χ0v) is 26.9. The van der Waals surface area contributed by atoms with Crippen LogP contribution in [0.25, 0.3) is 0 Å². The van der Waals surface area contributed by atoms with Gasteiger partial charge in [0.25, 0.3) is 0 Å². The van der Waals surface area contributed by atoms with Crippen LogP contribution in [0.4, 0.5) is 0 Å². The van der Waals surface area contributed by atoms with Crippen molar-refractivity contribution < 1.29 is 81.5 Å². The average Bonchev–Trinajstić information content (AvgIpc) is 2.81. The Hall–Kier alpha value is -3.47. The van der Waals surface area contributed by atoms with E-state index < -0.39 is 31.5 Å². The number of hydrogen-bond donors (Lipinski definition) is 0. The zero-order valence-electron chi connectivity index (χ0n) is 24.0. The fourth-order valence-corrected chi connectivity index (χ4v) is 4.68. The summed E-state index contributed by atoms with van der Waals surface area (Å²) in [5.74, 6) is -3.12. The van der Waals surface area contributed by atoms with Gasteiger partial charge in [0.2, 0.25) is 0 Å². The number of carbonyl (C=O) groups is 4. The van der Waals surface area contributed by atoms with Gasteiger partial charge in [-0.25, -0.2) is 4.57 Å². The van der Waals surface area contributed by atoms with Crippen LogP contribution >= 0.6 is 7.82 Å². The number of rotatable bonds is 11. The summed E-state index contributed by atoms with van der Waals surface area (Å²) in [5, 5.41) is 0. The first-order valence-electron chi connectivity index (χ1n) is 12.3. The summed E-state index contributed by atoms with van der Waals surface area (Å²) in [6.07, 6.45) is 0.0868. The Morgan fingerprint density at radius 1 is 0.690 bits per heavy atom. The molecule has 0 aliphatic heterocycles. The van der Waals surface area contributed by atoms with Crippen molar-refractivity contribution in [2.24, 2.45) is 0 Å². The molecule has 0 spiro atoms. The summed E-state index contributed by atoms with van der Waals surface area (Å²) < 4.78 is 37.8. The number of ether oxygens (including phenoxy) is 3. The summed E-state index contributed by atoms with van der Waals surface area (Å²) in [4.78, 5) is 60.4. The fourth-order valence-electron chi connectivity index (χ4n) is 3.90. The third kappa shape index (κ3) is 10.7. The second-order valence-corrected chi connectivity index (χ2v) is 10.4. The van der Waals surface area contributed by atoms with Gasteiger partial charge in [0.05, 0.1) is 0 Å². The van der Waals surface area contributed by atoms with Gasteiger partial charge in [-0.15, -0.1) is 0 Å². The van der Waals surface area contributed by atoms with E-state index in [4.69, 9.17) is 23.3 Å². The second kappa shape index (κ2) is 15.1. The van der Waals surface area contributed by atoms with Gasteiger partial charge in [0.15, 0.2) is 5.78 Å². The molecule has 0 bridgehead atoms. The maximum absolute atomic E-state index is 13.2. The van der Waals surface area contributed by atoms with Crippen LogP contribution in [0.1, 0.15) is 54.2 Å². The molecule has 0 aliphatic rings. The molecule has 0 saturated carbocycles. The number of aryl methyl sites for hydroxylation is 3. The van der Waals surface area contributed by atoms with Gasteiger partial charge in [-0.1, -0.05) is 18.2 Å². The van der Waals surface area contributed by atoms with Crippen LogP contribution in [0.15, 0.2) is 54.6 Å². The summed E-state index contributed by atoms with van der Waals surface area (Å²) in [7, 11) is -4.73. The minimum absolute atomic E-state index is 0. The molecule has 0 N–H and O–H groups in total. The van der Waals surface area contributed by atoms with Crippen LogP contribution in [0, 0.1) is 13.8 Å². The Balaban J connectivity index is 0.00000616. The van der Waals surface area contributed by atoms with E-state index in [1.807, 2.05) is 19.9 Å². The van der Waals surface area contributed by atoms with E-state index in [0.29, 0.717) is 5.56 Å². The van der Waals surface area contributed by atoms with Crippen molar-refractivity contribution in [3.8, 4) is 28.7 Å². The number of Topliss-reactive ketones (excluding diaryl/α,β-unsaturated/α-hetero) is 1. The Labute approximate surface area is 265 Å². The van der Waals surface area contributed by atoms with Crippen molar-refractivity contribution in [1.29, 1.82) is 0 Å². The van der Waals surface area contributed by atoms with Crippen LogP contribution < -0.4 is 57.7 Å². The molecule has 0 heterocycles. The number of ketones is 1. The third-order valence-electron chi connectivity index (χ3n) is 5.28. The fraction of sp³-hybridized carbons (Fsp3) is 0.241. The predicted molar refractivity (Wildman–Crippen MR) is 144 cm³/mol. The second-order valence-electron chi connectivity index (χ2n) is 9.10. The van der Waals surface area contributed by atoms with E-state index in [0.717, 1.165) is 31.9 Å². The number of phosphoric acid groups is 1. The normalized spacial score (nSPS) is 11.8. The molecule has 42 heavy (non-hydrogen) atoms. The van der Waals surface area contributed by atoms with E-state index in [-0.39, 0.29) is 76.7 Å². The maximum Gasteiger partial charge on any atom is 1.00 e. The molecule has 3 aromatic rings. The van der Waals surface area contributed by atoms with Gasteiger partial charge in [-0.3, -0.25) is 19.2 Å². The van der Waals surface area contributed by atoms with E-state index in [1.54, 1.807) is 24.3 Å². The first kappa shape index (κ1) is 34.7. The standard InChI is InChI=1S/C29H29O11P.Na/c1-17-12-18(2)14-25(13-17)40-41(34,35)39-23-9-6-22(7-10-23)8-11-26(33)29-27(37-20(4)31)15-24(36-19(3)30)16-28(29)38-21(5)32;/h6-7,9-10,12-16H,8,11H2,1-5H3,(H,34,35);/q;+1/p-1. The van der Waals surface area contributed by atoms with Gasteiger partial charge in [-0.2, -0.15) is 0 Å². The van der Waals surface area contributed by atoms with Gasteiger partial charge in [0, 0.05) is 39.3 Å². The minimum Gasteiger partial charge on any atom is -0.736 e. The molecular weight excluding hydrogens is 578 g/mol. The van der Waals surface area contributed by atoms with Crippen molar-refractivity contribution >= 4 is 31.5 Å². The van der Waals surface area contributed by atoms with Crippen molar-refractivity contribution in [2.75, 3.05) is 0 Å². The summed E-state index contributed by atoms with van der Waals surface area (Å²) >= 11 is 0. The molecule has 0 aromatic heterocycles. The van der Waals surface area contributed by atoms with Crippen LogP contribution in [0.3, 0.4) is 0 Å². The van der Waals surface area contributed by atoms with E-state index in [1.165, 1.54) is 24.3 Å². The number of esters is 3. The zero-order chi connectivity index (χ0) is 30.3. The molecule has 1 atom stereocenters. The Morgan fingerprint density at radius 3 is 1.64 bits per heavy atom. The van der Waals surface area contributed by atoms with Crippen molar-refractivity contribution in [1.82, 2.24) is 0 Å². The first-order valence-corrected chi connectivity index (χ1v) is 13.8. The molecule has 11 nitrogen and oxygen atoms in total. The average molecular weight is 606 g/mol. The number of phosphoric ester groups is 1.